The van der Waals surface area contributed by atoms with Crippen LogP contribution in [0.3, 0.4) is 0 Å². The number of carbonyl (C=O) groups is 5. The molecule has 4 aromatic rings. The lowest BCUT2D eigenvalue weighted by molar-refractivity contribution is -0.142. The third kappa shape index (κ3) is 4.81. The first-order valence-electron chi connectivity index (χ1n) is 17.1. The normalized spacial score (nSPS) is 26.9. The van der Waals surface area contributed by atoms with Gasteiger partial charge in [0.2, 0.25) is 23.6 Å². The molecule has 0 radical (unpaired) electrons. The molecule has 2 saturated heterocycles. The van der Waals surface area contributed by atoms with Crippen LogP contribution in [-0.4, -0.2) is 61.0 Å². The summed E-state index contributed by atoms with van der Waals surface area (Å²) in [5.74, 6) is -8.50. The summed E-state index contributed by atoms with van der Waals surface area (Å²) in [6.45, 7) is 3.57. The number of para-hydroxylation sites is 1. The molecule has 8 rings (SSSR count). The second-order valence-electron chi connectivity index (χ2n) is 14.4. The lowest BCUT2D eigenvalue weighted by Crippen LogP contribution is -2.49. The largest absolute Gasteiger partial charge is 0.505 e. The number of likely N-dealkylation sites (tertiary alicyclic amines) is 1. The lowest BCUT2D eigenvalue weighted by Gasteiger charge is -2.49. The van der Waals surface area contributed by atoms with Crippen LogP contribution in [0.1, 0.15) is 49.7 Å². The Morgan fingerprint density at radius 3 is 2.62 bits per heavy atom. The molecule has 0 spiro atoms. The Kier molecular flexibility index (Phi) is 7.96. The molecule has 4 aliphatic rings. The van der Waals surface area contributed by atoms with E-state index in [1.165, 1.54) is 28.2 Å². The van der Waals surface area contributed by atoms with E-state index >= 15 is 4.39 Å². The van der Waals surface area contributed by atoms with Gasteiger partial charge in [-0.25, -0.2) is 9.29 Å². The molecule has 2 aliphatic carbocycles. The number of aryl methyl sites for hydroxylation is 2. The number of thiophene rings is 1. The minimum absolute atomic E-state index is 0.0470. The number of phenolic OH excluding ortho intramolecular Hbond substituents is 1. The van der Waals surface area contributed by atoms with Gasteiger partial charge in [-0.05, 0) is 74.2 Å². The molecule has 1 saturated carbocycles. The highest BCUT2D eigenvalue weighted by molar-refractivity contribution is 7.22. The molecule has 6 atom stereocenters. The number of hydrogen-bond acceptors (Lipinski definition) is 8. The topological polar surface area (TPSA) is 150 Å². The Balaban J connectivity index is 1.22. The molecule has 11 nitrogen and oxygen atoms in total. The number of fused-ring (bicyclic) bond motifs is 5. The summed E-state index contributed by atoms with van der Waals surface area (Å²) >= 11 is 7.79. The summed E-state index contributed by atoms with van der Waals surface area (Å²) in [5.41, 5.74) is 0.725. The highest BCUT2D eigenvalue weighted by Gasteiger charge is 2.68. The number of allylic oxidation sites excluding steroid dienone is 2. The number of hydrogen-bond donors (Lipinski definition) is 2. The smallest absolute Gasteiger partial charge is 0.303 e. The van der Waals surface area contributed by atoms with Crippen LogP contribution in [0.15, 0.2) is 54.1 Å². The van der Waals surface area contributed by atoms with Crippen LogP contribution in [0.25, 0.3) is 20.7 Å². The van der Waals surface area contributed by atoms with Crippen molar-refractivity contribution in [2.24, 2.45) is 36.1 Å². The molecule has 3 fully saturated rings. The van der Waals surface area contributed by atoms with Crippen molar-refractivity contribution in [2.75, 3.05) is 11.4 Å². The second kappa shape index (κ2) is 12.1. The molecule has 0 bridgehead atoms. The monoisotopic (exact) mass is 744 g/mol. The Bertz CT molecular complexity index is 2300. The summed E-state index contributed by atoms with van der Waals surface area (Å²) in [5, 5.41) is 26.6. The van der Waals surface area contributed by atoms with Crippen molar-refractivity contribution in [3.8, 4) is 16.3 Å². The number of benzene rings is 2. The van der Waals surface area contributed by atoms with E-state index in [-0.39, 0.29) is 43.6 Å². The maximum atomic E-state index is 15.0. The number of carboxylic acids is 1. The van der Waals surface area contributed by atoms with E-state index in [4.69, 9.17) is 21.8 Å². The molecule has 6 unspecified atom stereocenters. The molecule has 4 heterocycles. The molecule has 14 heteroatoms. The van der Waals surface area contributed by atoms with Crippen molar-refractivity contribution >= 4 is 68.4 Å². The highest BCUT2D eigenvalue weighted by atomic mass is 35.5. The van der Waals surface area contributed by atoms with Crippen LogP contribution in [0.2, 0.25) is 5.02 Å². The first-order chi connectivity index (χ1) is 24.7. The number of rotatable bonds is 7. The maximum Gasteiger partial charge on any atom is 0.303 e. The SMILES string of the molecule is Cc1c(-c2cc(N3C(=O)C4CC5C(=CCC6C(=O)N(CCCC(=O)O)C(=O)C65)C(c5cccc(F)c5O)C4(C)C3=O)n(C)n2)sc2ccc(Cl)cc12. The Hall–Kier alpha value is -4.88. The van der Waals surface area contributed by atoms with Gasteiger partial charge in [0.15, 0.2) is 11.6 Å². The Labute approximate surface area is 306 Å². The number of aliphatic carboxylic acids is 1. The molecule has 2 aliphatic heterocycles. The number of nitrogens with zero attached hydrogens (tertiary/aromatic N) is 4. The van der Waals surface area contributed by atoms with Crippen LogP contribution in [0.4, 0.5) is 10.2 Å². The van der Waals surface area contributed by atoms with Gasteiger partial charge in [0.05, 0.1) is 28.0 Å². The van der Waals surface area contributed by atoms with Gasteiger partial charge >= 0.3 is 5.97 Å². The summed E-state index contributed by atoms with van der Waals surface area (Å²) in [6.07, 6.45) is 1.94. The fraction of sp³-hybridized carbons (Fsp3) is 0.368. The first kappa shape index (κ1) is 34.2. The number of anilines is 1. The van der Waals surface area contributed by atoms with Gasteiger partial charge in [-0.2, -0.15) is 5.10 Å². The van der Waals surface area contributed by atoms with Crippen LogP contribution in [0.5, 0.6) is 5.75 Å². The van der Waals surface area contributed by atoms with Gasteiger partial charge in [-0.1, -0.05) is 35.4 Å². The summed E-state index contributed by atoms with van der Waals surface area (Å²) in [6, 6.07) is 11.4. The fourth-order valence-corrected chi connectivity index (χ4v) is 10.5. The lowest BCUT2D eigenvalue weighted by atomic mass is 9.51. The molecule has 2 aromatic carbocycles. The number of aromatic hydroxyl groups is 1. The quantitative estimate of drug-likeness (QED) is 0.168. The van der Waals surface area contributed by atoms with Crippen LogP contribution >= 0.6 is 22.9 Å². The van der Waals surface area contributed by atoms with Gasteiger partial charge in [-0.3, -0.25) is 33.6 Å². The fourth-order valence-electron chi connectivity index (χ4n) is 9.23. The Morgan fingerprint density at radius 1 is 1.10 bits per heavy atom. The average Bonchev–Trinajstić information content (AvgIpc) is 3.77. The van der Waals surface area contributed by atoms with Crippen molar-refractivity contribution in [1.82, 2.24) is 14.7 Å². The highest BCUT2D eigenvalue weighted by Crippen LogP contribution is 2.64. The van der Waals surface area contributed by atoms with Gasteiger partial charge in [0.1, 0.15) is 11.5 Å². The predicted molar refractivity (Wildman–Crippen MR) is 190 cm³/mol. The summed E-state index contributed by atoms with van der Waals surface area (Å²) in [7, 11) is 1.65. The van der Waals surface area contributed by atoms with Crippen molar-refractivity contribution < 1.29 is 38.6 Å². The van der Waals surface area contributed by atoms with E-state index < -0.39 is 76.2 Å². The van der Waals surface area contributed by atoms with E-state index in [2.05, 4.69) is 0 Å². The standard InChI is InChI=1S/C38H34ClFN4O7S/c1-17-22-14-18(39)9-12-27(22)52-33(17)26-16-28(42(3)41-26)44-35(49)24-15-23-19(31(38(24,2)37(44)51)21-6-4-7-25(40)32(21)47)10-11-20-30(23)36(50)43(34(20)48)13-5-8-29(45)46/h4,6-7,9-10,12,14,16,20,23-24,30-31,47H,5,8,11,13,15H2,1-3H3,(H,45,46). The maximum absolute atomic E-state index is 15.0. The van der Waals surface area contributed by atoms with Crippen LogP contribution in [-0.2, 0) is 31.0 Å². The van der Waals surface area contributed by atoms with E-state index in [1.807, 2.05) is 31.2 Å². The molecule has 52 heavy (non-hydrogen) atoms. The summed E-state index contributed by atoms with van der Waals surface area (Å²) in [4.78, 5) is 71.4. The molecule has 268 valence electrons. The van der Waals surface area contributed by atoms with Gasteiger partial charge in [-0.15, -0.1) is 11.3 Å². The van der Waals surface area contributed by atoms with Crippen molar-refractivity contribution in [2.45, 2.75) is 45.4 Å². The predicted octanol–water partition coefficient (Wildman–Crippen LogP) is 6.20. The van der Waals surface area contributed by atoms with Gasteiger partial charge in [0, 0.05) is 47.3 Å². The third-order valence-electron chi connectivity index (χ3n) is 11.7. The van der Waals surface area contributed by atoms with E-state index in [0.717, 1.165) is 36.4 Å². The Morgan fingerprint density at radius 2 is 1.87 bits per heavy atom. The van der Waals surface area contributed by atoms with Crippen LogP contribution < -0.4 is 4.90 Å². The number of carboxylic acid groups (broad SMARTS) is 1. The number of phenols is 1. The molecule has 2 N–H and O–H groups in total. The molecular formula is C38H34ClFN4O7S. The molecule has 4 amide bonds. The van der Waals surface area contributed by atoms with Crippen molar-refractivity contribution in [1.29, 1.82) is 0 Å². The second-order valence-corrected chi connectivity index (χ2v) is 15.9. The first-order valence-corrected chi connectivity index (χ1v) is 18.3. The van der Waals surface area contributed by atoms with E-state index in [9.17, 15) is 29.1 Å². The van der Waals surface area contributed by atoms with Gasteiger partial charge < -0.3 is 10.2 Å². The molecular weight excluding hydrogens is 711 g/mol. The number of aromatic nitrogens is 2. The van der Waals surface area contributed by atoms with Crippen molar-refractivity contribution in [3.63, 3.8) is 0 Å². The van der Waals surface area contributed by atoms with Crippen molar-refractivity contribution in [3.05, 3.63) is 76.1 Å². The minimum atomic E-state index is -1.50. The number of carbonyl (C=O) groups excluding carboxylic acids is 4. The minimum Gasteiger partial charge on any atom is -0.505 e. The average molecular weight is 745 g/mol. The zero-order valence-corrected chi connectivity index (χ0v) is 30.0. The van der Waals surface area contributed by atoms with Crippen LogP contribution in [0, 0.1) is 41.8 Å². The summed E-state index contributed by atoms with van der Waals surface area (Å²) < 4.78 is 17.5. The van der Waals surface area contributed by atoms with E-state index in [0.29, 0.717) is 16.3 Å². The zero-order valence-electron chi connectivity index (χ0n) is 28.4. The number of amides is 4. The molecule has 2 aromatic heterocycles. The zero-order chi connectivity index (χ0) is 37.0. The number of halogens is 2. The van der Waals surface area contributed by atoms with Gasteiger partial charge in [0.25, 0.3) is 0 Å². The number of imide groups is 2. The van der Waals surface area contributed by atoms with E-state index in [1.54, 1.807) is 20.0 Å². The third-order valence-corrected chi connectivity index (χ3v) is 13.2.